The van der Waals surface area contributed by atoms with Crippen molar-refractivity contribution in [2.75, 3.05) is 5.32 Å². The average molecular weight is 299 g/mol. The normalized spacial score (nSPS) is 11.8. The third kappa shape index (κ3) is 4.51. The third-order valence-electron chi connectivity index (χ3n) is 3.26. The number of amides is 1. The number of aromatic nitrogens is 3. The number of rotatable bonds is 6. The summed E-state index contributed by atoms with van der Waals surface area (Å²) in [6.07, 6.45) is 4.40. The highest BCUT2D eigenvalue weighted by Crippen LogP contribution is 2.09. The van der Waals surface area contributed by atoms with Crippen molar-refractivity contribution in [2.45, 2.75) is 39.8 Å². The van der Waals surface area contributed by atoms with E-state index in [1.54, 1.807) is 25.4 Å². The summed E-state index contributed by atoms with van der Waals surface area (Å²) in [6.45, 7) is 6.36. The highest BCUT2D eigenvalue weighted by molar-refractivity contribution is 5.93. The van der Waals surface area contributed by atoms with E-state index in [4.69, 9.17) is 0 Å². The van der Waals surface area contributed by atoms with Crippen molar-refractivity contribution in [3.8, 4) is 0 Å². The molecule has 2 aromatic rings. The molecule has 0 saturated carbocycles. The molecule has 0 aliphatic heterocycles. The molecule has 1 atom stereocenters. The fraction of sp³-hybridized carbons (Fsp3) is 0.375. The molecule has 1 unspecified atom stereocenters. The Morgan fingerprint density at radius 1 is 1.36 bits per heavy atom. The minimum Gasteiger partial charge on any atom is -0.366 e. The van der Waals surface area contributed by atoms with E-state index in [1.165, 1.54) is 0 Å². The van der Waals surface area contributed by atoms with Gasteiger partial charge in [-0.2, -0.15) is 0 Å². The molecule has 1 amide bonds. The Morgan fingerprint density at radius 2 is 2.18 bits per heavy atom. The second kappa shape index (κ2) is 7.49. The van der Waals surface area contributed by atoms with E-state index >= 15 is 0 Å². The van der Waals surface area contributed by atoms with Gasteiger partial charge in [0.1, 0.15) is 17.3 Å². The minimum absolute atomic E-state index is 0.120. The highest BCUT2D eigenvalue weighted by atomic mass is 16.1. The van der Waals surface area contributed by atoms with Crippen molar-refractivity contribution < 1.29 is 4.79 Å². The van der Waals surface area contributed by atoms with Gasteiger partial charge in [0.05, 0.1) is 0 Å². The third-order valence-corrected chi connectivity index (χ3v) is 3.26. The van der Waals surface area contributed by atoms with Crippen molar-refractivity contribution in [3.63, 3.8) is 0 Å². The SMILES string of the molecule is CCC(C)NC(=O)c1cc(NCc2cccnc2)nc(C)n1. The van der Waals surface area contributed by atoms with Crippen LogP contribution in [0.2, 0.25) is 0 Å². The topological polar surface area (TPSA) is 79.8 Å². The first kappa shape index (κ1) is 15.9. The van der Waals surface area contributed by atoms with E-state index in [9.17, 15) is 4.79 Å². The summed E-state index contributed by atoms with van der Waals surface area (Å²) in [4.78, 5) is 24.7. The van der Waals surface area contributed by atoms with E-state index in [-0.39, 0.29) is 11.9 Å². The minimum atomic E-state index is -0.177. The quantitative estimate of drug-likeness (QED) is 0.855. The lowest BCUT2D eigenvalue weighted by Gasteiger charge is -2.12. The number of nitrogens with one attached hydrogen (secondary N) is 2. The fourth-order valence-electron chi connectivity index (χ4n) is 1.87. The van der Waals surface area contributed by atoms with Gasteiger partial charge < -0.3 is 10.6 Å². The van der Waals surface area contributed by atoms with Crippen LogP contribution in [0, 0.1) is 6.92 Å². The molecule has 0 aliphatic rings. The van der Waals surface area contributed by atoms with Gasteiger partial charge >= 0.3 is 0 Å². The number of carbonyl (C=O) groups excluding carboxylic acids is 1. The van der Waals surface area contributed by atoms with E-state index < -0.39 is 0 Å². The van der Waals surface area contributed by atoms with Crippen molar-refractivity contribution in [1.29, 1.82) is 0 Å². The monoisotopic (exact) mass is 299 g/mol. The number of aryl methyl sites for hydroxylation is 1. The molecular formula is C16H21N5O. The van der Waals surface area contributed by atoms with Crippen LogP contribution >= 0.6 is 0 Å². The maximum atomic E-state index is 12.2. The van der Waals surface area contributed by atoms with E-state index in [0.717, 1.165) is 12.0 Å². The van der Waals surface area contributed by atoms with Crippen LogP contribution in [0.3, 0.4) is 0 Å². The summed E-state index contributed by atoms with van der Waals surface area (Å²) in [5, 5.41) is 6.10. The molecule has 22 heavy (non-hydrogen) atoms. The van der Waals surface area contributed by atoms with Gasteiger partial charge in [0.2, 0.25) is 0 Å². The maximum Gasteiger partial charge on any atom is 0.270 e. The summed E-state index contributed by atoms with van der Waals surface area (Å²) in [7, 11) is 0. The molecule has 0 aromatic carbocycles. The predicted octanol–water partition coefficient (Wildman–Crippen LogP) is 2.32. The van der Waals surface area contributed by atoms with Crippen LogP contribution < -0.4 is 10.6 Å². The van der Waals surface area contributed by atoms with Gasteiger partial charge in [-0.1, -0.05) is 13.0 Å². The van der Waals surface area contributed by atoms with Gasteiger partial charge in [0.15, 0.2) is 0 Å². The largest absolute Gasteiger partial charge is 0.366 e. The fourth-order valence-corrected chi connectivity index (χ4v) is 1.87. The zero-order valence-corrected chi connectivity index (χ0v) is 13.1. The predicted molar refractivity (Wildman–Crippen MR) is 85.6 cm³/mol. The Hall–Kier alpha value is -2.50. The van der Waals surface area contributed by atoms with Gasteiger partial charge in [0, 0.05) is 31.0 Å². The molecule has 0 aliphatic carbocycles. The van der Waals surface area contributed by atoms with Crippen LogP contribution in [0.5, 0.6) is 0 Å². The molecule has 116 valence electrons. The van der Waals surface area contributed by atoms with Gasteiger partial charge in [-0.25, -0.2) is 9.97 Å². The van der Waals surface area contributed by atoms with Crippen molar-refractivity contribution >= 4 is 11.7 Å². The molecule has 0 fully saturated rings. The van der Waals surface area contributed by atoms with Crippen LogP contribution in [-0.2, 0) is 6.54 Å². The molecule has 0 saturated heterocycles. The molecule has 0 radical (unpaired) electrons. The summed E-state index contributed by atoms with van der Waals surface area (Å²) < 4.78 is 0. The molecule has 2 rings (SSSR count). The lowest BCUT2D eigenvalue weighted by molar-refractivity contribution is 0.0934. The van der Waals surface area contributed by atoms with Crippen LogP contribution in [0.15, 0.2) is 30.6 Å². The van der Waals surface area contributed by atoms with Crippen LogP contribution in [0.4, 0.5) is 5.82 Å². The molecule has 6 heteroatoms. The smallest absolute Gasteiger partial charge is 0.270 e. The van der Waals surface area contributed by atoms with Gasteiger partial charge in [-0.05, 0) is 31.9 Å². The number of hydrogen-bond donors (Lipinski definition) is 2. The van der Waals surface area contributed by atoms with Gasteiger partial charge in [-0.3, -0.25) is 9.78 Å². The number of nitrogens with zero attached hydrogens (tertiary/aromatic N) is 3. The average Bonchev–Trinajstić information content (AvgIpc) is 2.53. The number of pyridine rings is 1. The van der Waals surface area contributed by atoms with E-state index in [1.807, 2.05) is 26.0 Å². The van der Waals surface area contributed by atoms with Crippen molar-refractivity contribution in [2.24, 2.45) is 0 Å². The maximum absolute atomic E-state index is 12.2. The summed E-state index contributed by atoms with van der Waals surface area (Å²) >= 11 is 0. The second-order valence-electron chi connectivity index (χ2n) is 5.18. The van der Waals surface area contributed by atoms with Crippen LogP contribution in [0.25, 0.3) is 0 Å². The lowest BCUT2D eigenvalue weighted by Crippen LogP contribution is -2.32. The highest BCUT2D eigenvalue weighted by Gasteiger charge is 2.12. The first-order chi connectivity index (χ1) is 10.6. The number of carbonyl (C=O) groups is 1. The zero-order chi connectivity index (χ0) is 15.9. The van der Waals surface area contributed by atoms with Crippen LogP contribution in [0.1, 0.15) is 42.1 Å². The Balaban J connectivity index is 2.08. The first-order valence-corrected chi connectivity index (χ1v) is 7.37. The molecule has 0 spiro atoms. The van der Waals surface area contributed by atoms with Crippen molar-refractivity contribution in [3.05, 3.63) is 47.7 Å². The summed E-state index contributed by atoms with van der Waals surface area (Å²) in [5.41, 5.74) is 1.42. The standard InChI is InChI=1S/C16H21N5O/c1-4-11(2)19-16(22)14-8-15(21-12(3)20-14)18-10-13-6-5-7-17-9-13/h5-9,11H,4,10H2,1-3H3,(H,19,22)(H,18,20,21). The van der Waals surface area contributed by atoms with E-state index in [0.29, 0.717) is 23.9 Å². The molecule has 6 nitrogen and oxygen atoms in total. The van der Waals surface area contributed by atoms with Crippen molar-refractivity contribution in [1.82, 2.24) is 20.3 Å². The van der Waals surface area contributed by atoms with E-state index in [2.05, 4.69) is 25.6 Å². The number of hydrogen-bond acceptors (Lipinski definition) is 5. The lowest BCUT2D eigenvalue weighted by atomic mass is 10.2. The summed E-state index contributed by atoms with van der Waals surface area (Å²) in [5.74, 6) is 1.01. The molecule has 2 heterocycles. The number of anilines is 1. The second-order valence-corrected chi connectivity index (χ2v) is 5.18. The first-order valence-electron chi connectivity index (χ1n) is 7.37. The zero-order valence-electron chi connectivity index (χ0n) is 13.1. The Kier molecular flexibility index (Phi) is 5.41. The van der Waals surface area contributed by atoms with Crippen LogP contribution in [-0.4, -0.2) is 26.9 Å². The molecule has 0 bridgehead atoms. The Bertz CT molecular complexity index is 630. The summed E-state index contributed by atoms with van der Waals surface area (Å²) in [6, 6.07) is 5.65. The Labute approximate surface area is 130 Å². The van der Waals surface area contributed by atoms with Gasteiger partial charge in [0.25, 0.3) is 5.91 Å². The van der Waals surface area contributed by atoms with Gasteiger partial charge in [-0.15, -0.1) is 0 Å². The molecule has 2 aromatic heterocycles. The molecule has 2 N–H and O–H groups in total. The molecular weight excluding hydrogens is 278 g/mol. The Morgan fingerprint density at radius 3 is 2.86 bits per heavy atom.